The van der Waals surface area contributed by atoms with E-state index < -0.39 is 5.41 Å². The standard InChI is InChI=1S/C27H26N2O3/c1-27(2,23-17-28-15-16-32-23)25(30)21-13-8-12-20-19-11-6-7-14-22(19)29(24(20)21)26(31)18-9-4-3-5-10-18/h3-14,23,28H,15-17H2,1-2H3. The number of ether oxygens (including phenoxy) is 1. The van der Waals surface area contributed by atoms with Crippen molar-refractivity contribution in [1.29, 1.82) is 0 Å². The first kappa shape index (κ1) is 20.6. The molecule has 1 aromatic heterocycles. The Morgan fingerprint density at radius 3 is 2.41 bits per heavy atom. The highest BCUT2D eigenvalue weighted by molar-refractivity contribution is 6.22. The first-order chi connectivity index (χ1) is 15.5. The normalized spacial score (nSPS) is 17.0. The molecule has 5 nitrogen and oxygen atoms in total. The summed E-state index contributed by atoms with van der Waals surface area (Å²) in [5.41, 5.74) is 1.83. The van der Waals surface area contributed by atoms with Crippen LogP contribution < -0.4 is 5.32 Å². The summed E-state index contributed by atoms with van der Waals surface area (Å²) in [7, 11) is 0. The fourth-order valence-corrected chi connectivity index (χ4v) is 4.64. The quantitative estimate of drug-likeness (QED) is 0.482. The summed E-state index contributed by atoms with van der Waals surface area (Å²) in [4.78, 5) is 27.6. The minimum Gasteiger partial charge on any atom is -0.375 e. The maximum atomic E-state index is 13.9. The molecule has 162 valence electrons. The number of aromatic nitrogens is 1. The second-order valence-corrected chi connectivity index (χ2v) is 8.84. The summed E-state index contributed by atoms with van der Waals surface area (Å²) in [6.45, 7) is 5.85. The molecule has 3 aromatic carbocycles. The molecule has 2 heterocycles. The Labute approximate surface area is 187 Å². The first-order valence-electron chi connectivity index (χ1n) is 11.0. The van der Waals surface area contributed by atoms with Gasteiger partial charge in [-0.2, -0.15) is 0 Å². The van der Waals surface area contributed by atoms with Gasteiger partial charge in [0.25, 0.3) is 5.91 Å². The van der Waals surface area contributed by atoms with E-state index in [2.05, 4.69) is 5.32 Å². The van der Waals surface area contributed by atoms with Gasteiger partial charge in [0, 0.05) is 35.0 Å². The summed E-state index contributed by atoms with van der Waals surface area (Å²) in [6.07, 6.45) is -0.235. The Morgan fingerprint density at radius 2 is 1.66 bits per heavy atom. The van der Waals surface area contributed by atoms with E-state index in [1.165, 1.54) is 0 Å². The molecule has 1 atom stereocenters. The molecule has 0 amide bonds. The average molecular weight is 427 g/mol. The zero-order valence-electron chi connectivity index (χ0n) is 18.3. The zero-order chi connectivity index (χ0) is 22.3. The lowest BCUT2D eigenvalue weighted by Gasteiger charge is -2.36. The van der Waals surface area contributed by atoms with Crippen molar-refractivity contribution in [1.82, 2.24) is 9.88 Å². The molecule has 5 rings (SSSR count). The Balaban J connectivity index is 1.75. The Kier molecular flexibility index (Phi) is 5.16. The van der Waals surface area contributed by atoms with E-state index in [-0.39, 0.29) is 17.8 Å². The molecule has 0 spiro atoms. The molecule has 4 aromatic rings. The summed E-state index contributed by atoms with van der Waals surface area (Å²) in [5.74, 6) is -0.174. The van der Waals surface area contributed by atoms with Crippen molar-refractivity contribution >= 4 is 33.5 Å². The highest BCUT2D eigenvalue weighted by atomic mass is 16.5. The molecule has 1 aliphatic rings. The van der Waals surface area contributed by atoms with Gasteiger partial charge in [-0.25, -0.2) is 0 Å². The second kappa shape index (κ2) is 8.01. The molecule has 1 saturated heterocycles. The summed E-state index contributed by atoms with van der Waals surface area (Å²) >= 11 is 0. The maximum absolute atomic E-state index is 13.9. The Hall–Kier alpha value is -3.28. The number of ketones is 1. The van der Waals surface area contributed by atoms with Crippen LogP contribution in [0.4, 0.5) is 0 Å². The number of rotatable bonds is 4. The van der Waals surface area contributed by atoms with Gasteiger partial charge in [-0.1, -0.05) is 48.5 Å². The molecule has 1 N–H and O–H groups in total. The lowest BCUT2D eigenvalue weighted by molar-refractivity contribution is -0.0323. The summed E-state index contributed by atoms with van der Waals surface area (Å²) in [5, 5.41) is 5.17. The predicted octanol–water partition coefficient (Wildman–Crippen LogP) is 4.68. The third-order valence-electron chi connectivity index (χ3n) is 6.48. The molecule has 0 bridgehead atoms. The lowest BCUT2D eigenvalue weighted by Crippen LogP contribution is -2.49. The van der Waals surface area contributed by atoms with Crippen LogP contribution in [0.1, 0.15) is 34.6 Å². The second-order valence-electron chi connectivity index (χ2n) is 8.84. The third-order valence-corrected chi connectivity index (χ3v) is 6.48. The van der Waals surface area contributed by atoms with Crippen LogP contribution in [-0.2, 0) is 4.74 Å². The molecule has 32 heavy (non-hydrogen) atoms. The van der Waals surface area contributed by atoms with Crippen LogP contribution in [0, 0.1) is 5.41 Å². The number of hydrogen-bond donors (Lipinski definition) is 1. The van der Waals surface area contributed by atoms with Crippen LogP contribution in [0.5, 0.6) is 0 Å². The largest absolute Gasteiger partial charge is 0.375 e. The third kappa shape index (κ3) is 3.25. The van der Waals surface area contributed by atoms with Crippen molar-refractivity contribution in [3.05, 3.63) is 83.9 Å². The van der Waals surface area contributed by atoms with E-state index in [0.29, 0.717) is 29.8 Å². The number of carbonyl (C=O) groups is 2. The van der Waals surface area contributed by atoms with Crippen molar-refractivity contribution in [3.63, 3.8) is 0 Å². The van der Waals surface area contributed by atoms with Crippen molar-refractivity contribution in [2.75, 3.05) is 19.7 Å². The van der Waals surface area contributed by atoms with Gasteiger partial charge in [0.2, 0.25) is 0 Å². The first-order valence-corrected chi connectivity index (χ1v) is 11.0. The van der Waals surface area contributed by atoms with Gasteiger partial charge in [-0.15, -0.1) is 0 Å². The van der Waals surface area contributed by atoms with Gasteiger partial charge in [-0.05, 0) is 38.1 Å². The SMILES string of the molecule is CC(C)(C(=O)c1cccc2c3ccccc3n(C(=O)c3ccccc3)c12)C1CNCCO1. The van der Waals surface area contributed by atoms with Crippen molar-refractivity contribution in [2.45, 2.75) is 20.0 Å². The number of hydrogen-bond acceptors (Lipinski definition) is 4. The number of para-hydroxylation sites is 2. The Bertz CT molecular complexity index is 1320. The van der Waals surface area contributed by atoms with Crippen LogP contribution in [0.3, 0.4) is 0 Å². The van der Waals surface area contributed by atoms with E-state index in [0.717, 1.165) is 22.8 Å². The van der Waals surface area contributed by atoms with Gasteiger partial charge in [-0.3, -0.25) is 14.2 Å². The van der Waals surface area contributed by atoms with Crippen LogP contribution in [0.15, 0.2) is 72.8 Å². The molecule has 0 aliphatic carbocycles. The van der Waals surface area contributed by atoms with E-state index in [4.69, 9.17) is 4.74 Å². The van der Waals surface area contributed by atoms with Crippen molar-refractivity contribution in [2.24, 2.45) is 5.41 Å². The van der Waals surface area contributed by atoms with E-state index in [9.17, 15) is 9.59 Å². The number of benzene rings is 3. The summed E-state index contributed by atoms with van der Waals surface area (Å²) < 4.78 is 7.64. The van der Waals surface area contributed by atoms with Crippen LogP contribution in [0.25, 0.3) is 21.8 Å². The van der Waals surface area contributed by atoms with Gasteiger partial charge < -0.3 is 10.1 Å². The number of morpholine rings is 1. The predicted molar refractivity (Wildman–Crippen MR) is 126 cm³/mol. The monoisotopic (exact) mass is 426 g/mol. The topological polar surface area (TPSA) is 60.3 Å². The molecule has 1 fully saturated rings. The van der Waals surface area contributed by atoms with E-state index >= 15 is 0 Å². The Morgan fingerprint density at radius 1 is 0.938 bits per heavy atom. The number of Topliss-reactive ketones (excluding diaryl/α,β-unsaturated/α-hetero) is 1. The number of nitrogens with one attached hydrogen (secondary N) is 1. The molecule has 0 saturated carbocycles. The van der Waals surface area contributed by atoms with Crippen LogP contribution in [0.2, 0.25) is 0 Å². The molecule has 0 radical (unpaired) electrons. The van der Waals surface area contributed by atoms with Gasteiger partial charge in [0.05, 0.1) is 29.2 Å². The van der Waals surface area contributed by atoms with E-state index in [1.54, 1.807) is 16.7 Å². The average Bonchev–Trinajstić information content (AvgIpc) is 3.19. The number of nitrogens with zero attached hydrogens (tertiary/aromatic N) is 1. The van der Waals surface area contributed by atoms with Crippen LogP contribution in [-0.4, -0.2) is 42.1 Å². The maximum Gasteiger partial charge on any atom is 0.262 e. The number of fused-ring (bicyclic) bond motifs is 3. The molecule has 1 aliphatic heterocycles. The lowest BCUT2D eigenvalue weighted by atomic mass is 9.78. The van der Waals surface area contributed by atoms with E-state index in [1.807, 2.05) is 74.5 Å². The minimum absolute atomic E-state index is 0.0262. The molecular weight excluding hydrogens is 400 g/mol. The smallest absolute Gasteiger partial charge is 0.262 e. The molecular formula is C27H26N2O3. The highest BCUT2D eigenvalue weighted by Gasteiger charge is 2.40. The van der Waals surface area contributed by atoms with Crippen LogP contribution >= 0.6 is 0 Å². The molecule has 1 unspecified atom stereocenters. The van der Waals surface area contributed by atoms with Gasteiger partial charge >= 0.3 is 0 Å². The van der Waals surface area contributed by atoms with Gasteiger partial charge in [0.15, 0.2) is 5.78 Å². The fourth-order valence-electron chi connectivity index (χ4n) is 4.64. The van der Waals surface area contributed by atoms with Crippen molar-refractivity contribution < 1.29 is 14.3 Å². The van der Waals surface area contributed by atoms with Crippen molar-refractivity contribution in [3.8, 4) is 0 Å². The fraction of sp³-hybridized carbons (Fsp3) is 0.259. The summed E-state index contributed by atoms with van der Waals surface area (Å²) in [6, 6.07) is 22.7. The highest BCUT2D eigenvalue weighted by Crippen LogP contribution is 2.36. The number of carbonyl (C=O) groups excluding carboxylic acids is 2. The molecule has 5 heteroatoms. The minimum atomic E-state index is -0.751. The zero-order valence-corrected chi connectivity index (χ0v) is 18.3. The van der Waals surface area contributed by atoms with Gasteiger partial charge in [0.1, 0.15) is 0 Å².